The van der Waals surface area contributed by atoms with Gasteiger partial charge in [-0.25, -0.2) is 4.79 Å². The second-order valence-corrected chi connectivity index (χ2v) is 7.00. The van der Waals surface area contributed by atoms with Crippen molar-refractivity contribution in [2.75, 3.05) is 6.61 Å². The lowest BCUT2D eigenvalue weighted by molar-refractivity contribution is -0.184. The van der Waals surface area contributed by atoms with E-state index in [4.69, 9.17) is 25.7 Å². The van der Waals surface area contributed by atoms with Gasteiger partial charge in [0.2, 0.25) is 6.10 Å². The SMILES string of the molecule is CCOC(=O)CC(OC(=O)C(N)C(C)CC)C(OC(=O)C(N)C(C)CC)C(=O)O. The van der Waals surface area contributed by atoms with Crippen molar-refractivity contribution in [3.63, 3.8) is 0 Å². The Morgan fingerprint density at radius 3 is 1.69 bits per heavy atom. The molecule has 0 bridgehead atoms. The summed E-state index contributed by atoms with van der Waals surface area (Å²) in [6.07, 6.45) is -3.01. The van der Waals surface area contributed by atoms with Crippen LogP contribution < -0.4 is 11.5 Å². The molecule has 0 aromatic heterocycles. The fourth-order valence-electron chi connectivity index (χ4n) is 2.28. The molecule has 0 aliphatic rings. The van der Waals surface area contributed by atoms with Crippen molar-refractivity contribution in [3.8, 4) is 0 Å². The number of rotatable bonds is 13. The van der Waals surface area contributed by atoms with E-state index < -0.39 is 54.6 Å². The van der Waals surface area contributed by atoms with Gasteiger partial charge in [-0.3, -0.25) is 14.4 Å². The molecule has 0 saturated carbocycles. The Bertz CT molecular complexity index is 568. The van der Waals surface area contributed by atoms with Gasteiger partial charge in [0.15, 0.2) is 6.10 Å². The Kier molecular flexibility index (Phi) is 12.1. The van der Waals surface area contributed by atoms with Crippen molar-refractivity contribution in [2.24, 2.45) is 23.3 Å². The molecule has 10 heteroatoms. The number of carboxylic acid groups (broad SMARTS) is 1. The number of esters is 3. The molecule has 5 N–H and O–H groups in total. The molecule has 0 rings (SSSR count). The van der Waals surface area contributed by atoms with Crippen molar-refractivity contribution in [1.82, 2.24) is 0 Å². The minimum Gasteiger partial charge on any atom is -0.478 e. The van der Waals surface area contributed by atoms with Crippen LogP contribution in [0.15, 0.2) is 0 Å². The van der Waals surface area contributed by atoms with Crippen molar-refractivity contribution in [3.05, 3.63) is 0 Å². The molecule has 29 heavy (non-hydrogen) atoms. The van der Waals surface area contributed by atoms with Crippen molar-refractivity contribution in [2.45, 2.75) is 78.2 Å². The Labute approximate surface area is 171 Å². The van der Waals surface area contributed by atoms with Crippen LogP contribution in [-0.2, 0) is 33.4 Å². The van der Waals surface area contributed by atoms with Crippen LogP contribution >= 0.6 is 0 Å². The number of carbonyl (C=O) groups is 4. The predicted molar refractivity (Wildman–Crippen MR) is 104 cm³/mol. The summed E-state index contributed by atoms with van der Waals surface area (Å²) in [4.78, 5) is 48.2. The molecule has 0 fully saturated rings. The standard InChI is InChI=1S/C19H34N2O8/c1-6-10(4)14(20)18(25)28-12(9-13(22)27-8-3)16(17(23)24)29-19(26)15(21)11(5)7-2/h10-12,14-16H,6-9,20-21H2,1-5H3,(H,23,24). The van der Waals surface area contributed by atoms with Crippen LogP contribution in [0.2, 0.25) is 0 Å². The van der Waals surface area contributed by atoms with Gasteiger partial charge < -0.3 is 30.8 Å². The van der Waals surface area contributed by atoms with Crippen LogP contribution in [-0.4, -0.2) is 59.9 Å². The lowest BCUT2D eigenvalue weighted by Gasteiger charge is -2.27. The average molecular weight is 418 g/mol. The van der Waals surface area contributed by atoms with E-state index in [1.807, 2.05) is 13.8 Å². The van der Waals surface area contributed by atoms with Crippen LogP contribution in [0.3, 0.4) is 0 Å². The molecule has 168 valence electrons. The first-order chi connectivity index (χ1) is 13.5. The summed E-state index contributed by atoms with van der Waals surface area (Å²) >= 11 is 0. The van der Waals surface area contributed by atoms with Gasteiger partial charge >= 0.3 is 23.9 Å². The van der Waals surface area contributed by atoms with Gasteiger partial charge in [0.25, 0.3) is 0 Å². The molecule has 0 heterocycles. The number of aliphatic carboxylic acids is 1. The number of carboxylic acids is 1. The Morgan fingerprint density at radius 2 is 1.31 bits per heavy atom. The zero-order valence-electron chi connectivity index (χ0n) is 17.8. The van der Waals surface area contributed by atoms with E-state index in [0.29, 0.717) is 12.8 Å². The van der Waals surface area contributed by atoms with Gasteiger partial charge in [-0.2, -0.15) is 0 Å². The Hall–Kier alpha value is -2.20. The summed E-state index contributed by atoms with van der Waals surface area (Å²) in [5.74, 6) is -4.77. The van der Waals surface area contributed by atoms with Crippen LogP contribution in [0.5, 0.6) is 0 Å². The van der Waals surface area contributed by atoms with Crippen molar-refractivity contribution in [1.29, 1.82) is 0 Å². The summed E-state index contributed by atoms with van der Waals surface area (Å²) in [6, 6.07) is -2.10. The van der Waals surface area contributed by atoms with E-state index in [0.717, 1.165) is 0 Å². The van der Waals surface area contributed by atoms with E-state index >= 15 is 0 Å². The lowest BCUT2D eigenvalue weighted by atomic mass is 10.00. The van der Waals surface area contributed by atoms with E-state index in [2.05, 4.69) is 0 Å². The zero-order chi connectivity index (χ0) is 22.7. The largest absolute Gasteiger partial charge is 0.478 e. The average Bonchev–Trinajstić information content (AvgIpc) is 2.68. The molecule has 0 aromatic rings. The van der Waals surface area contributed by atoms with Crippen LogP contribution in [0, 0.1) is 11.8 Å². The normalized spacial score (nSPS) is 17.2. The quantitative estimate of drug-likeness (QED) is 0.284. The van der Waals surface area contributed by atoms with Crippen molar-refractivity contribution < 1.29 is 38.5 Å². The van der Waals surface area contributed by atoms with E-state index in [1.165, 1.54) is 0 Å². The first-order valence-electron chi connectivity index (χ1n) is 9.80. The Balaban J connectivity index is 5.59. The van der Waals surface area contributed by atoms with Gasteiger partial charge in [-0.1, -0.05) is 40.5 Å². The van der Waals surface area contributed by atoms with Gasteiger partial charge in [-0.05, 0) is 18.8 Å². The van der Waals surface area contributed by atoms with E-state index in [-0.39, 0.29) is 18.4 Å². The third-order valence-corrected chi connectivity index (χ3v) is 4.82. The fraction of sp³-hybridized carbons (Fsp3) is 0.789. The van der Waals surface area contributed by atoms with Crippen molar-refractivity contribution >= 4 is 23.9 Å². The van der Waals surface area contributed by atoms with Gasteiger partial charge in [0.1, 0.15) is 12.1 Å². The molecular weight excluding hydrogens is 384 g/mol. The molecular formula is C19H34N2O8. The predicted octanol–water partition coefficient (Wildman–Crippen LogP) is 0.595. The van der Waals surface area contributed by atoms with E-state index in [1.54, 1.807) is 20.8 Å². The van der Waals surface area contributed by atoms with Gasteiger partial charge in [-0.15, -0.1) is 0 Å². The Morgan fingerprint density at radius 1 is 0.862 bits per heavy atom. The maximum atomic E-state index is 12.3. The molecule has 0 aliphatic carbocycles. The maximum Gasteiger partial charge on any atom is 0.349 e. The molecule has 6 atom stereocenters. The number of hydrogen-bond donors (Lipinski definition) is 3. The van der Waals surface area contributed by atoms with E-state index in [9.17, 15) is 24.3 Å². The second kappa shape index (κ2) is 13.1. The summed E-state index contributed by atoms with van der Waals surface area (Å²) in [7, 11) is 0. The minimum absolute atomic E-state index is 0.0439. The smallest absolute Gasteiger partial charge is 0.349 e. The highest BCUT2D eigenvalue weighted by atomic mass is 16.6. The number of ether oxygens (including phenoxy) is 3. The number of nitrogens with two attached hydrogens (primary N) is 2. The van der Waals surface area contributed by atoms with Crippen LogP contribution in [0.25, 0.3) is 0 Å². The lowest BCUT2D eigenvalue weighted by Crippen LogP contribution is -2.49. The topological polar surface area (TPSA) is 168 Å². The second-order valence-electron chi connectivity index (χ2n) is 7.00. The number of carbonyl (C=O) groups excluding carboxylic acids is 3. The maximum absolute atomic E-state index is 12.3. The molecule has 0 aromatic carbocycles. The highest BCUT2D eigenvalue weighted by Crippen LogP contribution is 2.17. The highest BCUT2D eigenvalue weighted by molar-refractivity contribution is 5.83. The summed E-state index contributed by atoms with van der Waals surface area (Å²) < 4.78 is 15.0. The minimum atomic E-state index is -1.94. The fourth-order valence-corrected chi connectivity index (χ4v) is 2.28. The highest BCUT2D eigenvalue weighted by Gasteiger charge is 2.39. The molecule has 10 nitrogen and oxygen atoms in total. The third kappa shape index (κ3) is 8.78. The zero-order valence-corrected chi connectivity index (χ0v) is 17.8. The van der Waals surface area contributed by atoms with Crippen LogP contribution in [0.1, 0.15) is 53.9 Å². The molecule has 0 radical (unpaired) electrons. The van der Waals surface area contributed by atoms with Gasteiger partial charge in [0.05, 0.1) is 13.0 Å². The summed E-state index contributed by atoms with van der Waals surface area (Å²) in [6.45, 7) is 8.69. The molecule has 0 amide bonds. The first-order valence-corrected chi connectivity index (χ1v) is 9.80. The molecule has 0 saturated heterocycles. The molecule has 6 unspecified atom stereocenters. The summed E-state index contributed by atoms with van der Waals surface area (Å²) in [5.41, 5.74) is 11.6. The van der Waals surface area contributed by atoms with Gasteiger partial charge in [0, 0.05) is 0 Å². The first kappa shape index (κ1) is 26.8. The third-order valence-electron chi connectivity index (χ3n) is 4.82. The summed E-state index contributed by atoms with van der Waals surface area (Å²) in [5, 5.41) is 9.53. The molecule has 0 aliphatic heterocycles. The van der Waals surface area contributed by atoms with Crippen LogP contribution in [0.4, 0.5) is 0 Å². The number of hydrogen-bond acceptors (Lipinski definition) is 9. The monoisotopic (exact) mass is 418 g/mol. The molecule has 0 spiro atoms.